The molecule has 32 heavy (non-hydrogen) atoms. The number of carbonyl (C=O) groups is 2. The van der Waals surface area contributed by atoms with Crippen molar-refractivity contribution < 1.29 is 23.6 Å². The molecule has 0 unspecified atom stereocenters. The van der Waals surface area contributed by atoms with Gasteiger partial charge in [0.15, 0.2) is 11.4 Å². The Balaban J connectivity index is 1.97. The van der Waals surface area contributed by atoms with Gasteiger partial charge in [0.1, 0.15) is 12.1 Å². The highest BCUT2D eigenvalue weighted by atomic mass is 19.1. The smallest absolute Gasteiger partial charge is 0.298 e. The van der Waals surface area contributed by atoms with Crippen molar-refractivity contribution in [1.29, 1.82) is 0 Å². The maximum Gasteiger partial charge on any atom is 0.298 e. The minimum absolute atomic E-state index is 0.0300. The number of nitro benzene ring substituents is 1. The lowest BCUT2D eigenvalue weighted by molar-refractivity contribution is -0.384. The predicted octanol–water partition coefficient (Wildman–Crippen LogP) is 3.11. The van der Waals surface area contributed by atoms with E-state index < -0.39 is 10.8 Å². The third-order valence-electron chi connectivity index (χ3n) is 5.07. The van der Waals surface area contributed by atoms with Gasteiger partial charge in [0.05, 0.1) is 11.5 Å². The van der Waals surface area contributed by atoms with Gasteiger partial charge in [-0.05, 0) is 48.9 Å². The topological polar surface area (TPSA) is 128 Å². The number of carbonyl (C=O) groups excluding carboxylic acids is 2. The number of hydrazine groups is 1. The van der Waals surface area contributed by atoms with Crippen molar-refractivity contribution in [2.24, 2.45) is 11.7 Å². The normalized spacial score (nSPS) is 12.9. The fourth-order valence-corrected chi connectivity index (χ4v) is 3.14. The summed E-state index contributed by atoms with van der Waals surface area (Å²) in [7, 11) is 0. The molecule has 2 aromatic rings. The van der Waals surface area contributed by atoms with Crippen LogP contribution in [0, 0.1) is 21.8 Å². The number of nitro groups is 1. The van der Waals surface area contributed by atoms with Gasteiger partial charge in [-0.25, -0.2) is 9.82 Å². The van der Waals surface area contributed by atoms with Crippen molar-refractivity contribution in [2.75, 3.05) is 18.2 Å². The molecule has 3 rings (SSSR count). The van der Waals surface area contributed by atoms with Crippen molar-refractivity contribution >= 4 is 23.6 Å². The SMILES string of the molecule is NC(=O)c1cc(OCC2CC2)c(N(CCCC=O)NCc2ccc(F)cc2)c([N+](=O)[O-])c1. The molecule has 1 aliphatic rings. The quantitative estimate of drug-likeness (QED) is 0.210. The van der Waals surface area contributed by atoms with Gasteiger partial charge in [0.2, 0.25) is 5.91 Å². The zero-order valence-corrected chi connectivity index (χ0v) is 17.5. The number of nitrogens with zero attached hydrogens (tertiary/aromatic N) is 2. The minimum Gasteiger partial charge on any atom is -0.491 e. The molecule has 1 aliphatic carbocycles. The summed E-state index contributed by atoms with van der Waals surface area (Å²) in [6.07, 6.45) is 3.49. The number of rotatable bonds is 13. The molecule has 0 aliphatic heterocycles. The first-order chi connectivity index (χ1) is 15.4. The van der Waals surface area contributed by atoms with Crippen molar-refractivity contribution in [3.8, 4) is 5.75 Å². The first kappa shape index (κ1) is 23.1. The molecule has 3 N–H and O–H groups in total. The number of hydrogen-bond donors (Lipinski definition) is 2. The molecule has 1 amide bonds. The van der Waals surface area contributed by atoms with Crippen LogP contribution >= 0.6 is 0 Å². The second kappa shape index (κ2) is 10.7. The maximum absolute atomic E-state index is 13.2. The van der Waals surface area contributed by atoms with E-state index in [1.54, 1.807) is 12.1 Å². The molecule has 170 valence electrons. The van der Waals surface area contributed by atoms with Crippen LogP contribution in [0.3, 0.4) is 0 Å². The molecule has 0 spiro atoms. The van der Waals surface area contributed by atoms with E-state index in [1.807, 2.05) is 0 Å². The van der Waals surface area contributed by atoms with Crippen LogP contribution in [0.15, 0.2) is 36.4 Å². The molecule has 1 saturated carbocycles. The van der Waals surface area contributed by atoms with Gasteiger partial charge < -0.3 is 15.3 Å². The lowest BCUT2D eigenvalue weighted by Gasteiger charge is -2.27. The number of unbranched alkanes of at least 4 members (excludes halogenated alkanes) is 1. The Morgan fingerprint density at radius 1 is 1.31 bits per heavy atom. The van der Waals surface area contributed by atoms with Crippen LogP contribution in [0.2, 0.25) is 0 Å². The molecule has 0 radical (unpaired) electrons. The summed E-state index contributed by atoms with van der Waals surface area (Å²) < 4.78 is 19.1. The van der Waals surface area contributed by atoms with E-state index in [0.29, 0.717) is 18.9 Å². The molecule has 0 saturated heterocycles. The number of nitrogens with one attached hydrogen (secondary N) is 1. The van der Waals surface area contributed by atoms with Crippen molar-refractivity contribution in [2.45, 2.75) is 32.2 Å². The van der Waals surface area contributed by atoms with Gasteiger partial charge >= 0.3 is 0 Å². The Bertz CT molecular complexity index is 979. The number of benzene rings is 2. The minimum atomic E-state index is -0.803. The summed E-state index contributed by atoms with van der Waals surface area (Å²) in [6, 6.07) is 8.36. The van der Waals surface area contributed by atoms with E-state index in [-0.39, 0.29) is 48.0 Å². The number of nitrogens with two attached hydrogens (primary N) is 1. The number of primary amides is 1. The highest BCUT2D eigenvalue weighted by molar-refractivity contribution is 5.95. The summed E-state index contributed by atoms with van der Waals surface area (Å²) in [4.78, 5) is 33.9. The number of amides is 1. The zero-order chi connectivity index (χ0) is 23.1. The van der Waals surface area contributed by atoms with E-state index in [2.05, 4.69) is 5.43 Å². The molecule has 0 atom stereocenters. The average molecular weight is 444 g/mol. The van der Waals surface area contributed by atoms with Gasteiger partial charge in [0.25, 0.3) is 5.69 Å². The Morgan fingerprint density at radius 3 is 2.62 bits per heavy atom. The molecule has 0 aromatic heterocycles. The molecular weight excluding hydrogens is 419 g/mol. The first-order valence-electron chi connectivity index (χ1n) is 10.3. The summed E-state index contributed by atoms with van der Waals surface area (Å²) in [5.41, 5.74) is 9.02. The van der Waals surface area contributed by atoms with Gasteiger partial charge in [-0.1, -0.05) is 12.1 Å². The largest absolute Gasteiger partial charge is 0.491 e. The third kappa shape index (κ3) is 6.24. The average Bonchev–Trinajstić information content (AvgIpc) is 3.60. The van der Waals surface area contributed by atoms with Crippen LogP contribution in [-0.4, -0.2) is 30.3 Å². The lowest BCUT2D eigenvalue weighted by Crippen LogP contribution is -2.39. The molecule has 0 heterocycles. The number of halogens is 1. The highest BCUT2D eigenvalue weighted by Gasteiger charge is 2.29. The first-order valence-corrected chi connectivity index (χ1v) is 10.3. The Labute approximate surface area is 184 Å². The lowest BCUT2D eigenvalue weighted by atomic mass is 10.1. The molecule has 2 aromatic carbocycles. The fourth-order valence-electron chi connectivity index (χ4n) is 3.14. The number of hydrogen-bond acceptors (Lipinski definition) is 7. The van der Waals surface area contributed by atoms with Crippen molar-refractivity contribution in [1.82, 2.24) is 5.43 Å². The standard InChI is InChI=1S/C22H25FN4O5/c23-18-7-5-15(6-8-18)13-25-26(9-1-2-10-28)21-19(27(30)31)11-17(22(24)29)12-20(21)32-14-16-3-4-16/h5-8,10-12,16,25H,1-4,9,13-14H2,(H2,24,29). The van der Waals surface area contributed by atoms with E-state index in [0.717, 1.165) is 30.8 Å². The second-order valence-corrected chi connectivity index (χ2v) is 7.64. The molecule has 10 heteroatoms. The maximum atomic E-state index is 13.2. The van der Waals surface area contributed by atoms with E-state index in [9.17, 15) is 24.1 Å². The van der Waals surface area contributed by atoms with E-state index in [1.165, 1.54) is 23.2 Å². The molecule has 9 nitrogen and oxygen atoms in total. The second-order valence-electron chi connectivity index (χ2n) is 7.64. The Hall–Kier alpha value is -3.53. The fraction of sp³-hybridized carbons (Fsp3) is 0.364. The third-order valence-corrected chi connectivity index (χ3v) is 5.07. The summed E-state index contributed by atoms with van der Waals surface area (Å²) in [5.74, 6) is -0.639. The van der Waals surface area contributed by atoms with Gasteiger partial charge in [0, 0.05) is 31.1 Å². The summed E-state index contributed by atoms with van der Waals surface area (Å²) in [5, 5.41) is 13.4. The van der Waals surface area contributed by atoms with Gasteiger partial charge in [-0.15, -0.1) is 0 Å². The van der Waals surface area contributed by atoms with Crippen molar-refractivity contribution in [3.63, 3.8) is 0 Å². The van der Waals surface area contributed by atoms with Crippen LogP contribution < -0.4 is 20.9 Å². The summed E-state index contributed by atoms with van der Waals surface area (Å²) in [6.45, 7) is 0.876. The van der Waals surface area contributed by atoms with Crippen LogP contribution in [0.5, 0.6) is 5.75 Å². The predicted molar refractivity (Wildman–Crippen MR) is 116 cm³/mol. The Kier molecular flexibility index (Phi) is 7.72. The number of ether oxygens (including phenoxy) is 1. The monoisotopic (exact) mass is 444 g/mol. The Morgan fingerprint density at radius 2 is 2.03 bits per heavy atom. The van der Waals surface area contributed by atoms with Crippen molar-refractivity contribution in [3.05, 3.63) is 63.5 Å². The van der Waals surface area contributed by atoms with Crippen LogP contribution in [0.4, 0.5) is 15.8 Å². The van der Waals surface area contributed by atoms with Gasteiger partial charge in [-0.3, -0.25) is 19.9 Å². The van der Waals surface area contributed by atoms with Crippen LogP contribution in [-0.2, 0) is 11.3 Å². The molecular formula is C22H25FN4O5. The van der Waals surface area contributed by atoms with Crippen LogP contribution in [0.25, 0.3) is 0 Å². The highest BCUT2D eigenvalue weighted by Crippen LogP contribution is 2.40. The zero-order valence-electron chi connectivity index (χ0n) is 17.5. The number of anilines is 1. The summed E-state index contributed by atoms with van der Waals surface area (Å²) >= 11 is 0. The van der Waals surface area contributed by atoms with E-state index >= 15 is 0 Å². The van der Waals surface area contributed by atoms with Crippen LogP contribution in [0.1, 0.15) is 41.6 Å². The molecule has 1 fully saturated rings. The number of aldehydes is 1. The van der Waals surface area contributed by atoms with Gasteiger partial charge in [-0.2, -0.15) is 0 Å². The molecule has 0 bridgehead atoms. The van der Waals surface area contributed by atoms with E-state index in [4.69, 9.17) is 10.5 Å².